The van der Waals surface area contributed by atoms with Crippen LogP contribution in [0.5, 0.6) is 0 Å². The van der Waals surface area contributed by atoms with Crippen molar-refractivity contribution in [2.24, 2.45) is 0 Å². The molecule has 1 amide bonds. The Morgan fingerprint density at radius 3 is 2.81 bits per heavy atom. The number of carbonyl (C=O) groups excluding carboxylic acids is 1. The highest BCUT2D eigenvalue weighted by atomic mass is 35.5. The fourth-order valence-electron chi connectivity index (χ4n) is 3.69. The highest BCUT2D eigenvalue weighted by molar-refractivity contribution is 7.21. The molecule has 1 aliphatic carbocycles. The summed E-state index contributed by atoms with van der Waals surface area (Å²) in [7, 11) is 0. The van der Waals surface area contributed by atoms with Crippen LogP contribution in [0.2, 0.25) is 5.02 Å². The molecule has 0 fully saturated rings. The Morgan fingerprint density at radius 2 is 1.92 bits per heavy atom. The molecule has 0 aliphatic heterocycles. The van der Waals surface area contributed by atoms with Gasteiger partial charge in [0, 0.05) is 33.1 Å². The summed E-state index contributed by atoms with van der Waals surface area (Å²) in [5.74, 6) is 0.926. The van der Waals surface area contributed by atoms with E-state index in [-0.39, 0.29) is 5.91 Å². The lowest BCUT2D eigenvalue weighted by atomic mass is 9.96. The number of rotatable bonds is 2. The lowest BCUT2D eigenvalue weighted by molar-refractivity contribution is 0.103. The number of anilines is 1. The first-order valence-electron chi connectivity index (χ1n) is 8.73. The van der Waals surface area contributed by atoms with E-state index in [0.29, 0.717) is 9.90 Å². The average molecular weight is 382 g/mol. The minimum atomic E-state index is -0.173. The maximum Gasteiger partial charge on any atom is 0.267 e. The van der Waals surface area contributed by atoms with Gasteiger partial charge < -0.3 is 9.73 Å². The van der Waals surface area contributed by atoms with Crippen molar-refractivity contribution in [3.63, 3.8) is 0 Å². The third-order valence-corrected chi connectivity index (χ3v) is 6.63. The summed E-state index contributed by atoms with van der Waals surface area (Å²) in [6, 6.07) is 13.6. The molecule has 2 aromatic carbocycles. The van der Waals surface area contributed by atoms with Crippen molar-refractivity contribution in [2.75, 3.05) is 5.32 Å². The molecule has 26 heavy (non-hydrogen) atoms. The van der Waals surface area contributed by atoms with Gasteiger partial charge in [0.1, 0.15) is 16.2 Å². The van der Waals surface area contributed by atoms with Crippen molar-refractivity contribution in [1.29, 1.82) is 0 Å². The molecular formula is C21H16ClNO2S. The Balaban J connectivity index is 1.50. The van der Waals surface area contributed by atoms with E-state index >= 15 is 0 Å². The largest absolute Gasteiger partial charge is 0.461 e. The van der Waals surface area contributed by atoms with Crippen LogP contribution in [0.15, 0.2) is 46.9 Å². The number of aryl methyl sites for hydroxylation is 2. The van der Waals surface area contributed by atoms with Crippen LogP contribution >= 0.6 is 22.9 Å². The van der Waals surface area contributed by atoms with Crippen LogP contribution < -0.4 is 5.32 Å². The maximum absolute atomic E-state index is 12.8. The molecule has 2 aromatic heterocycles. The zero-order valence-electron chi connectivity index (χ0n) is 14.0. The minimum Gasteiger partial charge on any atom is -0.461 e. The fraction of sp³-hybridized carbons (Fsp3) is 0.190. The SMILES string of the molecule is O=C(Nc1ccc2oc3c(c2c1)CCCC3)c1sc2ccccc2c1Cl. The van der Waals surface area contributed by atoms with Crippen LogP contribution in [-0.4, -0.2) is 5.91 Å². The molecule has 0 saturated carbocycles. The number of hydrogen-bond acceptors (Lipinski definition) is 3. The predicted molar refractivity (Wildman–Crippen MR) is 108 cm³/mol. The van der Waals surface area contributed by atoms with E-state index in [1.54, 1.807) is 0 Å². The molecule has 0 unspecified atom stereocenters. The van der Waals surface area contributed by atoms with Crippen molar-refractivity contribution in [3.05, 3.63) is 63.7 Å². The molecule has 2 heterocycles. The van der Waals surface area contributed by atoms with Crippen molar-refractivity contribution in [3.8, 4) is 0 Å². The fourth-order valence-corrected chi connectivity index (χ4v) is 5.10. The normalized spacial score (nSPS) is 13.9. The molecule has 0 radical (unpaired) electrons. The van der Waals surface area contributed by atoms with Crippen LogP contribution in [0.1, 0.15) is 33.8 Å². The van der Waals surface area contributed by atoms with Gasteiger partial charge in [0.05, 0.1) is 5.02 Å². The zero-order chi connectivity index (χ0) is 17.7. The Morgan fingerprint density at radius 1 is 1.08 bits per heavy atom. The second kappa shape index (κ2) is 6.15. The second-order valence-electron chi connectivity index (χ2n) is 6.62. The second-order valence-corrected chi connectivity index (χ2v) is 8.05. The minimum absolute atomic E-state index is 0.173. The van der Waals surface area contributed by atoms with Crippen LogP contribution in [0.25, 0.3) is 21.1 Å². The number of benzene rings is 2. The molecule has 1 aliphatic rings. The van der Waals surface area contributed by atoms with Crippen LogP contribution in [0.4, 0.5) is 5.69 Å². The lowest BCUT2D eigenvalue weighted by Crippen LogP contribution is -2.10. The standard InChI is InChI=1S/C21H16ClNO2S/c22-19-14-6-2-4-8-18(14)26-20(19)21(24)23-12-9-10-17-15(11-12)13-5-1-3-7-16(13)25-17/h2,4,6,8-11H,1,3,5,7H2,(H,23,24). The number of nitrogens with one attached hydrogen (secondary N) is 1. The van der Waals surface area contributed by atoms with Gasteiger partial charge in [0.15, 0.2) is 0 Å². The molecule has 3 nitrogen and oxygen atoms in total. The molecule has 0 saturated heterocycles. The van der Waals surface area contributed by atoms with E-state index < -0.39 is 0 Å². The summed E-state index contributed by atoms with van der Waals surface area (Å²) >= 11 is 7.84. The van der Waals surface area contributed by atoms with Crippen LogP contribution in [-0.2, 0) is 12.8 Å². The van der Waals surface area contributed by atoms with Crippen molar-refractivity contribution >= 4 is 55.6 Å². The number of thiophene rings is 1. The monoisotopic (exact) mass is 381 g/mol. The van der Waals surface area contributed by atoms with Crippen LogP contribution in [0, 0.1) is 0 Å². The first-order chi connectivity index (χ1) is 12.7. The first kappa shape index (κ1) is 15.9. The van der Waals surface area contributed by atoms with Gasteiger partial charge in [-0.25, -0.2) is 0 Å². The number of hydrogen-bond donors (Lipinski definition) is 1. The highest BCUT2D eigenvalue weighted by Crippen LogP contribution is 2.36. The first-order valence-corrected chi connectivity index (χ1v) is 9.93. The van der Waals surface area contributed by atoms with E-state index in [4.69, 9.17) is 16.0 Å². The van der Waals surface area contributed by atoms with Gasteiger partial charge in [-0.2, -0.15) is 0 Å². The van der Waals surface area contributed by atoms with Gasteiger partial charge in [-0.1, -0.05) is 29.8 Å². The molecule has 0 bridgehead atoms. The number of fused-ring (bicyclic) bond motifs is 4. The quantitative estimate of drug-likeness (QED) is 0.434. The molecule has 5 rings (SSSR count). The van der Waals surface area contributed by atoms with Gasteiger partial charge in [-0.05, 0) is 43.5 Å². The molecular weight excluding hydrogens is 366 g/mol. The molecule has 130 valence electrons. The van der Waals surface area contributed by atoms with Crippen LogP contribution in [0.3, 0.4) is 0 Å². The molecule has 4 aromatic rings. The number of amides is 1. The van der Waals surface area contributed by atoms with E-state index in [9.17, 15) is 4.79 Å². The molecule has 0 atom stereocenters. The van der Waals surface area contributed by atoms with E-state index in [1.807, 2.05) is 42.5 Å². The van der Waals surface area contributed by atoms with Crippen molar-refractivity contribution in [2.45, 2.75) is 25.7 Å². The zero-order valence-corrected chi connectivity index (χ0v) is 15.5. The third kappa shape index (κ3) is 2.52. The van der Waals surface area contributed by atoms with Gasteiger partial charge in [-0.3, -0.25) is 4.79 Å². The Kier molecular flexibility index (Phi) is 3.76. The number of halogens is 1. The van der Waals surface area contributed by atoms with E-state index in [1.165, 1.54) is 29.7 Å². The molecule has 5 heteroatoms. The van der Waals surface area contributed by atoms with Crippen molar-refractivity contribution in [1.82, 2.24) is 0 Å². The van der Waals surface area contributed by atoms with E-state index in [2.05, 4.69) is 5.32 Å². The summed E-state index contributed by atoms with van der Waals surface area (Å²) in [4.78, 5) is 13.3. The number of furan rings is 1. The summed E-state index contributed by atoms with van der Waals surface area (Å²) in [6.45, 7) is 0. The summed E-state index contributed by atoms with van der Waals surface area (Å²) in [5, 5.41) is 5.54. The smallest absolute Gasteiger partial charge is 0.267 e. The summed E-state index contributed by atoms with van der Waals surface area (Å²) in [6.07, 6.45) is 4.42. The molecule has 1 N–H and O–H groups in total. The van der Waals surface area contributed by atoms with Gasteiger partial charge >= 0.3 is 0 Å². The average Bonchev–Trinajstić information content (AvgIpc) is 3.20. The van der Waals surface area contributed by atoms with E-state index in [0.717, 1.165) is 45.3 Å². The summed E-state index contributed by atoms with van der Waals surface area (Å²) < 4.78 is 6.98. The Bertz CT molecular complexity index is 1160. The Hall–Kier alpha value is -2.30. The van der Waals surface area contributed by atoms with Gasteiger partial charge in [-0.15, -0.1) is 11.3 Å². The number of carbonyl (C=O) groups is 1. The predicted octanol–water partition coefficient (Wildman–Crippen LogP) is 6.43. The molecule has 0 spiro atoms. The van der Waals surface area contributed by atoms with Crippen molar-refractivity contribution < 1.29 is 9.21 Å². The van der Waals surface area contributed by atoms with Gasteiger partial charge in [0.2, 0.25) is 0 Å². The topological polar surface area (TPSA) is 42.2 Å². The van der Waals surface area contributed by atoms with Gasteiger partial charge in [0.25, 0.3) is 5.91 Å². The highest BCUT2D eigenvalue weighted by Gasteiger charge is 2.20. The lowest BCUT2D eigenvalue weighted by Gasteiger charge is -2.09. The third-order valence-electron chi connectivity index (χ3n) is 4.95. The maximum atomic E-state index is 12.8. The Labute approximate surface area is 159 Å². The summed E-state index contributed by atoms with van der Waals surface area (Å²) in [5.41, 5.74) is 2.96.